The highest BCUT2D eigenvalue weighted by atomic mass is 16.5. The highest BCUT2D eigenvalue weighted by Gasteiger charge is 2.26. The van der Waals surface area contributed by atoms with Crippen molar-refractivity contribution >= 4 is 5.91 Å². The fourth-order valence-electron chi connectivity index (χ4n) is 3.40. The van der Waals surface area contributed by atoms with E-state index < -0.39 is 0 Å². The topological polar surface area (TPSA) is 60.0 Å². The van der Waals surface area contributed by atoms with Crippen LogP contribution in [0.5, 0.6) is 17.2 Å². The average Bonchev–Trinajstić information content (AvgIpc) is 2.64. The summed E-state index contributed by atoms with van der Waals surface area (Å²) in [5, 5.41) is 3.22. The second-order valence-electron chi connectivity index (χ2n) is 6.42. The Kier molecular flexibility index (Phi) is 8.04. The van der Waals surface area contributed by atoms with Gasteiger partial charge in [0.2, 0.25) is 5.75 Å². The van der Waals surface area contributed by atoms with Gasteiger partial charge in [-0.05, 0) is 65.3 Å². The molecule has 1 fully saturated rings. The van der Waals surface area contributed by atoms with Crippen molar-refractivity contribution in [3.05, 3.63) is 17.7 Å². The van der Waals surface area contributed by atoms with Gasteiger partial charge in [0.25, 0.3) is 5.91 Å². The van der Waals surface area contributed by atoms with Crippen molar-refractivity contribution in [3.63, 3.8) is 0 Å². The van der Waals surface area contributed by atoms with Crippen LogP contribution in [0.1, 0.15) is 44.0 Å². The van der Waals surface area contributed by atoms with E-state index in [1.54, 1.807) is 12.1 Å². The summed E-state index contributed by atoms with van der Waals surface area (Å²) >= 11 is 0. The molecule has 1 unspecified atom stereocenters. The van der Waals surface area contributed by atoms with Crippen molar-refractivity contribution in [2.75, 3.05) is 46.5 Å². The molecule has 0 spiro atoms. The van der Waals surface area contributed by atoms with Crippen LogP contribution in [0.4, 0.5) is 0 Å². The minimum absolute atomic E-state index is 0.0238. The Morgan fingerprint density at radius 1 is 1.12 bits per heavy atom. The number of carbonyl (C=O) groups excluding carboxylic acids is 1. The number of nitrogens with one attached hydrogen (secondary N) is 1. The Labute approximate surface area is 156 Å². The summed E-state index contributed by atoms with van der Waals surface area (Å²) in [7, 11) is 1.95. The molecule has 6 nitrogen and oxygen atoms in total. The van der Waals surface area contributed by atoms with E-state index in [1.165, 1.54) is 0 Å². The smallest absolute Gasteiger partial charge is 0.254 e. The molecule has 1 N–H and O–H groups in total. The third-order valence-electron chi connectivity index (χ3n) is 4.46. The number of hydrogen-bond acceptors (Lipinski definition) is 5. The zero-order valence-corrected chi connectivity index (χ0v) is 16.5. The van der Waals surface area contributed by atoms with E-state index in [0.717, 1.165) is 32.5 Å². The fraction of sp³-hybridized carbons (Fsp3) is 0.650. The number of nitrogens with zero attached hydrogens (tertiary/aromatic N) is 1. The third-order valence-corrected chi connectivity index (χ3v) is 4.46. The van der Waals surface area contributed by atoms with E-state index in [1.807, 2.05) is 32.7 Å². The summed E-state index contributed by atoms with van der Waals surface area (Å²) in [5.74, 6) is 2.22. The second kappa shape index (κ2) is 10.3. The molecular weight excluding hydrogens is 332 g/mol. The normalized spacial score (nSPS) is 17.1. The zero-order valence-electron chi connectivity index (χ0n) is 16.5. The van der Waals surface area contributed by atoms with Gasteiger partial charge in [0.05, 0.1) is 19.8 Å². The van der Waals surface area contributed by atoms with Crippen LogP contribution in [0.2, 0.25) is 0 Å². The molecule has 1 aliphatic heterocycles. The first kappa shape index (κ1) is 20.4. The van der Waals surface area contributed by atoms with Gasteiger partial charge in [0, 0.05) is 18.7 Å². The summed E-state index contributed by atoms with van der Waals surface area (Å²) in [6, 6.07) is 3.56. The van der Waals surface area contributed by atoms with Crippen molar-refractivity contribution in [2.24, 2.45) is 5.92 Å². The second-order valence-corrected chi connectivity index (χ2v) is 6.42. The van der Waals surface area contributed by atoms with Crippen molar-refractivity contribution in [1.82, 2.24) is 10.2 Å². The highest BCUT2D eigenvalue weighted by molar-refractivity contribution is 5.95. The number of ether oxygens (including phenoxy) is 3. The van der Waals surface area contributed by atoms with E-state index in [4.69, 9.17) is 14.2 Å². The Bertz CT molecular complexity index is 562. The molecule has 0 saturated carbocycles. The van der Waals surface area contributed by atoms with E-state index >= 15 is 0 Å². The molecule has 146 valence electrons. The third kappa shape index (κ3) is 5.04. The monoisotopic (exact) mass is 364 g/mol. The molecule has 1 saturated heterocycles. The van der Waals surface area contributed by atoms with Crippen LogP contribution in [0.3, 0.4) is 0 Å². The van der Waals surface area contributed by atoms with E-state index in [-0.39, 0.29) is 5.91 Å². The van der Waals surface area contributed by atoms with E-state index in [2.05, 4.69) is 5.32 Å². The van der Waals surface area contributed by atoms with Crippen LogP contribution in [0, 0.1) is 5.92 Å². The predicted octanol–water partition coefficient (Wildman–Crippen LogP) is 2.95. The van der Waals surface area contributed by atoms with Gasteiger partial charge in [-0.15, -0.1) is 0 Å². The number of benzene rings is 1. The van der Waals surface area contributed by atoms with Crippen LogP contribution in [0.25, 0.3) is 0 Å². The molecule has 1 aromatic rings. The fourth-order valence-corrected chi connectivity index (χ4v) is 3.40. The van der Waals surface area contributed by atoms with Gasteiger partial charge in [-0.1, -0.05) is 0 Å². The first-order valence-corrected chi connectivity index (χ1v) is 9.64. The number of carbonyl (C=O) groups is 1. The Morgan fingerprint density at radius 3 is 2.27 bits per heavy atom. The lowest BCUT2D eigenvalue weighted by atomic mass is 9.97. The van der Waals surface area contributed by atoms with Crippen LogP contribution in [0.15, 0.2) is 12.1 Å². The van der Waals surface area contributed by atoms with Gasteiger partial charge in [-0.2, -0.15) is 0 Å². The van der Waals surface area contributed by atoms with Crippen LogP contribution in [-0.2, 0) is 0 Å². The number of piperidine rings is 1. The number of amides is 1. The maximum atomic E-state index is 13.1. The predicted molar refractivity (Wildman–Crippen MR) is 103 cm³/mol. The summed E-state index contributed by atoms with van der Waals surface area (Å²) < 4.78 is 17.2. The average molecular weight is 364 g/mol. The molecule has 0 radical (unpaired) electrons. The zero-order chi connectivity index (χ0) is 18.9. The summed E-state index contributed by atoms with van der Waals surface area (Å²) in [6.07, 6.45) is 2.19. The molecule has 0 bridgehead atoms. The lowest BCUT2D eigenvalue weighted by Crippen LogP contribution is -2.42. The van der Waals surface area contributed by atoms with Crippen LogP contribution < -0.4 is 19.5 Å². The van der Waals surface area contributed by atoms with Gasteiger partial charge >= 0.3 is 0 Å². The summed E-state index contributed by atoms with van der Waals surface area (Å²) in [6.45, 7) is 9.75. The maximum Gasteiger partial charge on any atom is 0.254 e. The molecule has 2 rings (SSSR count). The molecule has 1 aromatic carbocycles. The quantitative estimate of drug-likeness (QED) is 0.730. The molecule has 1 heterocycles. The first-order valence-electron chi connectivity index (χ1n) is 9.64. The van der Waals surface area contributed by atoms with Gasteiger partial charge < -0.3 is 24.4 Å². The SMILES string of the molecule is CCOc1cc(C(=O)N2CCCC(CNC)C2)cc(OCC)c1OCC. The van der Waals surface area contributed by atoms with Gasteiger partial charge in [0.15, 0.2) is 11.5 Å². The Morgan fingerprint density at radius 2 is 1.73 bits per heavy atom. The van der Waals surface area contributed by atoms with Crippen molar-refractivity contribution in [3.8, 4) is 17.2 Å². The van der Waals surface area contributed by atoms with Gasteiger partial charge in [-0.3, -0.25) is 4.79 Å². The Balaban J connectivity index is 2.30. The largest absolute Gasteiger partial charge is 0.490 e. The molecule has 1 atom stereocenters. The standard InChI is InChI=1S/C20H32N2O4/c1-5-24-17-11-16(12-18(25-6-2)19(17)26-7-3)20(23)22-10-8-9-15(14-22)13-21-4/h11-12,15,21H,5-10,13-14H2,1-4H3. The number of rotatable bonds is 9. The highest BCUT2D eigenvalue weighted by Crippen LogP contribution is 2.39. The van der Waals surface area contributed by atoms with Gasteiger partial charge in [-0.25, -0.2) is 0 Å². The minimum Gasteiger partial charge on any atom is -0.490 e. The number of hydrogen-bond donors (Lipinski definition) is 1. The van der Waals surface area contributed by atoms with E-state index in [0.29, 0.717) is 48.6 Å². The van der Waals surface area contributed by atoms with Crippen molar-refractivity contribution in [2.45, 2.75) is 33.6 Å². The lowest BCUT2D eigenvalue weighted by Gasteiger charge is -2.33. The molecular formula is C20H32N2O4. The van der Waals surface area contributed by atoms with Crippen molar-refractivity contribution in [1.29, 1.82) is 0 Å². The number of likely N-dealkylation sites (tertiary alicyclic amines) is 1. The van der Waals surface area contributed by atoms with E-state index in [9.17, 15) is 4.79 Å². The van der Waals surface area contributed by atoms with Crippen LogP contribution >= 0.6 is 0 Å². The van der Waals surface area contributed by atoms with Crippen molar-refractivity contribution < 1.29 is 19.0 Å². The summed E-state index contributed by atoms with van der Waals surface area (Å²) in [5.41, 5.74) is 0.588. The molecule has 26 heavy (non-hydrogen) atoms. The minimum atomic E-state index is 0.0238. The summed E-state index contributed by atoms with van der Waals surface area (Å²) in [4.78, 5) is 15.0. The lowest BCUT2D eigenvalue weighted by molar-refractivity contribution is 0.0673. The van der Waals surface area contributed by atoms with Gasteiger partial charge in [0.1, 0.15) is 0 Å². The molecule has 1 amide bonds. The molecule has 6 heteroatoms. The molecule has 0 aromatic heterocycles. The molecule has 1 aliphatic rings. The first-order chi connectivity index (χ1) is 12.6. The Hall–Kier alpha value is -1.95. The molecule has 0 aliphatic carbocycles. The van der Waals surface area contributed by atoms with Crippen LogP contribution in [-0.4, -0.2) is 57.3 Å². The maximum absolute atomic E-state index is 13.1.